The standard InChI is InChI=1S/C12H18N2O2/c1-3-8-16-12(15)11-9-6-5-7-10(9)13-14(11)4-2/h3-8H2,1-2H3. The Labute approximate surface area is 95.6 Å². The van der Waals surface area contributed by atoms with Crippen molar-refractivity contribution in [3.8, 4) is 0 Å². The van der Waals surface area contributed by atoms with Crippen LogP contribution in [0, 0.1) is 0 Å². The molecule has 0 N–H and O–H groups in total. The van der Waals surface area contributed by atoms with E-state index in [1.54, 1.807) is 4.68 Å². The van der Waals surface area contributed by atoms with Gasteiger partial charge in [-0.15, -0.1) is 0 Å². The van der Waals surface area contributed by atoms with Crippen molar-refractivity contribution in [2.75, 3.05) is 6.61 Å². The van der Waals surface area contributed by atoms with Crippen LogP contribution in [-0.2, 0) is 24.1 Å². The second-order valence-electron chi connectivity index (χ2n) is 4.08. The molecule has 16 heavy (non-hydrogen) atoms. The summed E-state index contributed by atoms with van der Waals surface area (Å²) in [6, 6.07) is 0. The Hall–Kier alpha value is -1.32. The first-order valence-electron chi connectivity index (χ1n) is 6.03. The van der Waals surface area contributed by atoms with Gasteiger partial charge in [-0.25, -0.2) is 4.79 Å². The lowest BCUT2D eigenvalue weighted by Gasteiger charge is -2.06. The summed E-state index contributed by atoms with van der Waals surface area (Å²) in [6.45, 7) is 5.21. The molecule has 0 aliphatic heterocycles. The Morgan fingerprint density at radius 1 is 1.44 bits per heavy atom. The van der Waals surface area contributed by atoms with E-state index >= 15 is 0 Å². The number of fused-ring (bicyclic) bond motifs is 1. The fourth-order valence-electron chi connectivity index (χ4n) is 2.17. The number of nitrogens with zero attached hydrogens (tertiary/aromatic N) is 2. The van der Waals surface area contributed by atoms with Crippen molar-refractivity contribution in [2.45, 2.75) is 46.1 Å². The lowest BCUT2D eigenvalue weighted by molar-refractivity contribution is 0.0489. The summed E-state index contributed by atoms with van der Waals surface area (Å²) in [6.07, 6.45) is 3.92. The lowest BCUT2D eigenvalue weighted by Crippen LogP contribution is -2.15. The monoisotopic (exact) mass is 222 g/mol. The molecule has 1 aliphatic rings. The van der Waals surface area contributed by atoms with Crippen molar-refractivity contribution in [3.63, 3.8) is 0 Å². The summed E-state index contributed by atoms with van der Waals surface area (Å²) < 4.78 is 6.98. The number of rotatable bonds is 4. The number of ether oxygens (including phenoxy) is 1. The minimum absolute atomic E-state index is 0.209. The van der Waals surface area contributed by atoms with Gasteiger partial charge in [-0.2, -0.15) is 5.10 Å². The van der Waals surface area contributed by atoms with Crippen molar-refractivity contribution >= 4 is 5.97 Å². The smallest absolute Gasteiger partial charge is 0.356 e. The largest absolute Gasteiger partial charge is 0.461 e. The summed E-state index contributed by atoms with van der Waals surface area (Å²) in [7, 11) is 0. The Bertz CT molecular complexity index is 396. The predicted molar refractivity (Wildman–Crippen MR) is 60.5 cm³/mol. The molecule has 0 saturated carbocycles. The van der Waals surface area contributed by atoms with Crippen LogP contribution in [0.25, 0.3) is 0 Å². The van der Waals surface area contributed by atoms with E-state index in [0.717, 1.165) is 43.5 Å². The van der Waals surface area contributed by atoms with Crippen molar-refractivity contribution < 1.29 is 9.53 Å². The number of hydrogen-bond acceptors (Lipinski definition) is 3. The molecule has 1 aromatic rings. The van der Waals surface area contributed by atoms with E-state index in [9.17, 15) is 4.79 Å². The Morgan fingerprint density at radius 3 is 2.94 bits per heavy atom. The quantitative estimate of drug-likeness (QED) is 0.731. The molecule has 0 amide bonds. The molecule has 0 fully saturated rings. The molecular weight excluding hydrogens is 204 g/mol. The van der Waals surface area contributed by atoms with Crippen molar-refractivity contribution in [3.05, 3.63) is 17.0 Å². The second kappa shape index (κ2) is 4.68. The van der Waals surface area contributed by atoms with Gasteiger partial charge >= 0.3 is 5.97 Å². The maximum Gasteiger partial charge on any atom is 0.356 e. The number of hydrogen-bond donors (Lipinski definition) is 0. The maximum absolute atomic E-state index is 11.9. The minimum Gasteiger partial charge on any atom is -0.461 e. The van der Waals surface area contributed by atoms with Crippen LogP contribution in [0.2, 0.25) is 0 Å². The fourth-order valence-corrected chi connectivity index (χ4v) is 2.17. The summed E-state index contributed by atoms with van der Waals surface area (Å²) in [5.74, 6) is -0.209. The van der Waals surface area contributed by atoms with Gasteiger partial charge in [0.25, 0.3) is 0 Å². The van der Waals surface area contributed by atoms with Gasteiger partial charge in [0.2, 0.25) is 0 Å². The molecule has 0 bridgehead atoms. The number of carbonyl (C=O) groups excluding carboxylic acids is 1. The van der Waals surface area contributed by atoms with Gasteiger partial charge in [-0.3, -0.25) is 4.68 Å². The van der Waals surface area contributed by atoms with Gasteiger partial charge < -0.3 is 4.74 Å². The van der Waals surface area contributed by atoms with Crippen molar-refractivity contribution in [2.24, 2.45) is 0 Å². The van der Waals surface area contributed by atoms with Crippen molar-refractivity contribution in [1.29, 1.82) is 0 Å². The zero-order valence-corrected chi connectivity index (χ0v) is 9.95. The molecule has 1 aromatic heterocycles. The highest BCUT2D eigenvalue weighted by molar-refractivity contribution is 5.89. The van der Waals surface area contributed by atoms with Crippen LogP contribution in [-0.4, -0.2) is 22.4 Å². The summed E-state index contributed by atoms with van der Waals surface area (Å²) in [5, 5.41) is 4.45. The molecule has 0 radical (unpaired) electrons. The van der Waals surface area contributed by atoms with Gasteiger partial charge in [0.15, 0.2) is 0 Å². The topological polar surface area (TPSA) is 44.1 Å². The van der Waals surface area contributed by atoms with Crippen LogP contribution in [0.15, 0.2) is 0 Å². The SMILES string of the molecule is CCCOC(=O)c1c2c(nn1CC)CCC2. The molecule has 1 heterocycles. The van der Waals surface area contributed by atoms with Crippen LogP contribution in [0.4, 0.5) is 0 Å². The molecule has 1 aliphatic carbocycles. The van der Waals surface area contributed by atoms with Crippen LogP contribution >= 0.6 is 0 Å². The molecule has 88 valence electrons. The zero-order valence-electron chi connectivity index (χ0n) is 9.95. The van der Waals surface area contributed by atoms with Crippen LogP contribution in [0.1, 0.15) is 48.4 Å². The zero-order chi connectivity index (χ0) is 11.5. The first kappa shape index (κ1) is 11.2. The normalized spacial score (nSPS) is 13.9. The predicted octanol–water partition coefficient (Wildman–Crippen LogP) is 1.96. The van der Waals surface area contributed by atoms with Gasteiger partial charge in [0, 0.05) is 12.1 Å². The third-order valence-electron chi connectivity index (χ3n) is 2.90. The highest BCUT2D eigenvalue weighted by Gasteiger charge is 2.26. The first-order chi connectivity index (χ1) is 7.77. The summed E-state index contributed by atoms with van der Waals surface area (Å²) in [5.41, 5.74) is 2.89. The van der Waals surface area contributed by atoms with E-state index < -0.39 is 0 Å². The van der Waals surface area contributed by atoms with Crippen LogP contribution in [0.3, 0.4) is 0 Å². The molecule has 4 heteroatoms. The Balaban J connectivity index is 2.27. The molecule has 0 unspecified atom stereocenters. The average molecular weight is 222 g/mol. The molecule has 4 nitrogen and oxygen atoms in total. The van der Waals surface area contributed by atoms with E-state index in [1.165, 1.54) is 0 Å². The fraction of sp³-hybridized carbons (Fsp3) is 0.667. The number of carbonyl (C=O) groups is 1. The maximum atomic E-state index is 11.9. The molecular formula is C12H18N2O2. The third kappa shape index (κ3) is 1.84. The molecule has 0 spiro atoms. The average Bonchev–Trinajstić information content (AvgIpc) is 2.84. The summed E-state index contributed by atoms with van der Waals surface area (Å²) >= 11 is 0. The molecule has 0 aromatic carbocycles. The van der Waals surface area contributed by atoms with Gasteiger partial charge in [0.05, 0.1) is 12.3 Å². The van der Waals surface area contributed by atoms with E-state index in [2.05, 4.69) is 5.10 Å². The van der Waals surface area contributed by atoms with Crippen LogP contribution in [0.5, 0.6) is 0 Å². The molecule has 0 atom stereocenters. The van der Waals surface area contributed by atoms with Gasteiger partial charge in [-0.1, -0.05) is 6.92 Å². The second-order valence-corrected chi connectivity index (χ2v) is 4.08. The Kier molecular flexibility index (Phi) is 3.27. The summed E-state index contributed by atoms with van der Waals surface area (Å²) in [4.78, 5) is 11.9. The van der Waals surface area contributed by atoms with Crippen LogP contribution < -0.4 is 0 Å². The van der Waals surface area contributed by atoms with Gasteiger partial charge in [0.1, 0.15) is 5.69 Å². The van der Waals surface area contributed by atoms with E-state index in [0.29, 0.717) is 12.3 Å². The molecule has 0 saturated heterocycles. The third-order valence-corrected chi connectivity index (χ3v) is 2.90. The van der Waals surface area contributed by atoms with Crippen molar-refractivity contribution in [1.82, 2.24) is 9.78 Å². The molecule has 2 rings (SSSR count). The van der Waals surface area contributed by atoms with E-state index in [1.807, 2.05) is 13.8 Å². The van der Waals surface area contributed by atoms with E-state index in [-0.39, 0.29) is 5.97 Å². The number of aromatic nitrogens is 2. The lowest BCUT2D eigenvalue weighted by atomic mass is 10.2. The highest BCUT2D eigenvalue weighted by atomic mass is 16.5. The minimum atomic E-state index is -0.209. The Morgan fingerprint density at radius 2 is 2.25 bits per heavy atom. The highest BCUT2D eigenvalue weighted by Crippen LogP contribution is 2.25. The first-order valence-corrected chi connectivity index (χ1v) is 6.03. The number of aryl methyl sites for hydroxylation is 2. The van der Waals surface area contributed by atoms with Gasteiger partial charge in [-0.05, 0) is 32.6 Å². The van der Waals surface area contributed by atoms with E-state index in [4.69, 9.17) is 4.74 Å². The number of esters is 1.